The lowest BCUT2D eigenvalue weighted by Crippen LogP contribution is -2.14. The van der Waals surface area contributed by atoms with E-state index in [1.54, 1.807) is 48.0 Å². The van der Waals surface area contributed by atoms with Gasteiger partial charge in [0.15, 0.2) is 5.13 Å². The average Bonchev–Trinajstić information content (AvgIpc) is 3.43. The van der Waals surface area contributed by atoms with Crippen LogP contribution in [0.5, 0.6) is 0 Å². The molecule has 0 atom stereocenters. The Morgan fingerprint density at radius 1 is 0.935 bits per heavy atom. The predicted molar refractivity (Wildman–Crippen MR) is 125 cm³/mol. The number of anilines is 2. The third-order valence-electron chi connectivity index (χ3n) is 4.35. The monoisotopic (exact) mass is 469 g/mol. The molecule has 2 aromatic heterocycles. The van der Waals surface area contributed by atoms with Crippen molar-refractivity contribution in [3.63, 3.8) is 0 Å². The van der Waals surface area contributed by atoms with Crippen molar-refractivity contribution in [1.29, 1.82) is 0 Å². The number of hydrogen-bond acceptors (Lipinski definition) is 6. The second kappa shape index (κ2) is 9.42. The van der Waals surface area contributed by atoms with Gasteiger partial charge in [0.25, 0.3) is 10.0 Å². The van der Waals surface area contributed by atoms with E-state index in [0.29, 0.717) is 10.8 Å². The van der Waals surface area contributed by atoms with Crippen LogP contribution in [-0.4, -0.2) is 19.3 Å². The van der Waals surface area contributed by atoms with Crippen molar-refractivity contribution in [3.8, 4) is 0 Å². The summed E-state index contributed by atoms with van der Waals surface area (Å²) in [7, 11) is -3.58. The molecule has 4 rings (SSSR count). The van der Waals surface area contributed by atoms with E-state index in [2.05, 4.69) is 27.2 Å². The smallest absolute Gasteiger partial charge is 0.271 e. The van der Waals surface area contributed by atoms with E-state index in [0.717, 1.165) is 28.2 Å². The number of sulfonamides is 1. The zero-order valence-electron chi connectivity index (χ0n) is 16.3. The molecule has 0 radical (unpaired) electrons. The highest BCUT2D eigenvalue weighted by Crippen LogP contribution is 2.22. The van der Waals surface area contributed by atoms with Crippen LogP contribution >= 0.6 is 22.7 Å². The van der Waals surface area contributed by atoms with Gasteiger partial charge in [0, 0.05) is 23.2 Å². The van der Waals surface area contributed by atoms with E-state index in [4.69, 9.17) is 0 Å². The van der Waals surface area contributed by atoms with E-state index in [1.807, 2.05) is 18.2 Å². The molecular weight excluding hydrogens is 450 g/mol. The van der Waals surface area contributed by atoms with E-state index in [9.17, 15) is 13.2 Å². The first-order chi connectivity index (χ1) is 15.0. The summed E-state index contributed by atoms with van der Waals surface area (Å²) >= 11 is 2.61. The highest BCUT2D eigenvalue weighted by molar-refractivity contribution is 7.94. The number of thiophene rings is 1. The lowest BCUT2D eigenvalue weighted by Gasteiger charge is -2.07. The van der Waals surface area contributed by atoms with Crippen LogP contribution < -0.4 is 10.0 Å². The fourth-order valence-corrected chi connectivity index (χ4v) is 5.82. The van der Waals surface area contributed by atoms with Gasteiger partial charge >= 0.3 is 0 Å². The number of nitrogens with zero attached hydrogens (tertiary/aromatic N) is 1. The maximum atomic E-state index is 12.4. The Labute approximate surface area is 188 Å². The zero-order chi connectivity index (χ0) is 21.7. The Morgan fingerprint density at radius 2 is 1.71 bits per heavy atom. The van der Waals surface area contributed by atoms with Crippen molar-refractivity contribution in [2.75, 3.05) is 10.0 Å². The molecule has 9 heteroatoms. The quantitative estimate of drug-likeness (QED) is 0.389. The first-order valence-electron chi connectivity index (χ1n) is 9.42. The van der Waals surface area contributed by atoms with Gasteiger partial charge in [0.2, 0.25) is 5.91 Å². The largest absolute Gasteiger partial charge is 0.302 e. The molecule has 2 N–H and O–H groups in total. The maximum Gasteiger partial charge on any atom is 0.271 e. The molecular formula is C22H19N3O3S3. The molecule has 1 amide bonds. The van der Waals surface area contributed by atoms with Crippen LogP contribution in [0.3, 0.4) is 0 Å². The number of rotatable bonds is 8. The molecule has 0 spiro atoms. The predicted octanol–water partition coefficient (Wildman–Crippen LogP) is 4.78. The van der Waals surface area contributed by atoms with E-state index in [1.165, 1.54) is 16.9 Å². The highest BCUT2D eigenvalue weighted by atomic mass is 32.2. The van der Waals surface area contributed by atoms with Gasteiger partial charge in [-0.2, -0.15) is 0 Å². The molecule has 0 aliphatic rings. The molecule has 0 saturated heterocycles. The minimum absolute atomic E-state index is 0.172. The van der Waals surface area contributed by atoms with E-state index in [-0.39, 0.29) is 16.5 Å². The normalized spacial score (nSPS) is 11.2. The molecule has 2 heterocycles. The van der Waals surface area contributed by atoms with Crippen LogP contribution in [0.25, 0.3) is 0 Å². The Hall–Kier alpha value is -3.01. The first kappa shape index (κ1) is 21.2. The lowest BCUT2D eigenvalue weighted by molar-refractivity contribution is -0.115. The Bertz CT molecular complexity index is 1250. The van der Waals surface area contributed by atoms with Gasteiger partial charge in [0.05, 0.1) is 6.42 Å². The number of carbonyl (C=O) groups is 1. The minimum atomic E-state index is -3.58. The van der Waals surface area contributed by atoms with Gasteiger partial charge in [-0.05, 0) is 34.7 Å². The van der Waals surface area contributed by atoms with Crippen molar-refractivity contribution < 1.29 is 13.2 Å². The molecule has 2 aromatic carbocycles. The third-order valence-corrected chi connectivity index (χ3v) is 8.04. The maximum absolute atomic E-state index is 12.4. The molecule has 0 aliphatic heterocycles. The zero-order valence-corrected chi connectivity index (χ0v) is 18.8. The van der Waals surface area contributed by atoms with Gasteiger partial charge in [0.1, 0.15) is 4.21 Å². The van der Waals surface area contributed by atoms with Crippen LogP contribution in [-0.2, 0) is 27.7 Å². The number of nitrogens with one attached hydrogen (secondary N) is 2. The molecule has 0 fully saturated rings. The summed E-state index contributed by atoms with van der Waals surface area (Å²) < 4.78 is 27.3. The van der Waals surface area contributed by atoms with Crippen molar-refractivity contribution >= 4 is 49.4 Å². The summed E-state index contributed by atoms with van der Waals surface area (Å²) in [4.78, 5) is 17.7. The van der Waals surface area contributed by atoms with Crippen LogP contribution in [0.2, 0.25) is 0 Å². The third kappa shape index (κ3) is 5.78. The van der Waals surface area contributed by atoms with Gasteiger partial charge < -0.3 is 5.32 Å². The lowest BCUT2D eigenvalue weighted by atomic mass is 10.1. The molecule has 158 valence electrons. The number of hydrogen-bond donors (Lipinski definition) is 2. The van der Waals surface area contributed by atoms with Gasteiger partial charge in [-0.1, -0.05) is 48.5 Å². The van der Waals surface area contributed by atoms with Crippen molar-refractivity contribution in [2.45, 2.75) is 17.1 Å². The summed E-state index contributed by atoms with van der Waals surface area (Å²) in [6, 6.07) is 20.1. The SMILES string of the molecule is O=C(Cc1ccc(NS(=O)(=O)c2cccs2)cc1)Nc1ncc(Cc2ccccc2)s1. The highest BCUT2D eigenvalue weighted by Gasteiger charge is 2.15. The van der Waals surface area contributed by atoms with E-state index < -0.39 is 10.0 Å². The summed E-state index contributed by atoms with van der Waals surface area (Å²) in [6.07, 6.45) is 2.73. The molecule has 31 heavy (non-hydrogen) atoms. The molecule has 0 aliphatic carbocycles. The summed E-state index contributed by atoms with van der Waals surface area (Å²) in [6.45, 7) is 0. The van der Waals surface area contributed by atoms with Crippen molar-refractivity contribution in [3.05, 3.63) is 94.3 Å². The van der Waals surface area contributed by atoms with Crippen molar-refractivity contribution in [2.24, 2.45) is 0 Å². The fourth-order valence-electron chi connectivity index (χ4n) is 2.91. The number of benzene rings is 2. The topological polar surface area (TPSA) is 88.2 Å². The second-order valence-electron chi connectivity index (χ2n) is 6.75. The number of thiazole rings is 1. The fraction of sp³-hybridized carbons (Fsp3) is 0.0909. The molecule has 0 saturated carbocycles. The molecule has 0 bridgehead atoms. The molecule has 6 nitrogen and oxygen atoms in total. The number of amides is 1. The summed E-state index contributed by atoms with van der Waals surface area (Å²) in [5.41, 5.74) is 2.42. The van der Waals surface area contributed by atoms with Crippen LogP contribution in [0.1, 0.15) is 16.0 Å². The summed E-state index contributed by atoms with van der Waals surface area (Å²) in [5.74, 6) is -0.174. The molecule has 4 aromatic rings. The van der Waals surface area contributed by atoms with Gasteiger partial charge in [-0.3, -0.25) is 9.52 Å². The van der Waals surface area contributed by atoms with Crippen LogP contribution in [0, 0.1) is 0 Å². The van der Waals surface area contributed by atoms with Crippen LogP contribution in [0.4, 0.5) is 10.8 Å². The Kier molecular flexibility index (Phi) is 6.45. The Balaban J connectivity index is 1.32. The standard InChI is InChI=1S/C22H19N3O3S3/c26-20(24-22-23-15-19(30-22)13-16-5-2-1-3-6-16)14-17-8-10-18(11-9-17)25-31(27,28)21-7-4-12-29-21/h1-12,15,25H,13-14H2,(H,23,24,26). The molecule has 0 unspecified atom stereocenters. The second-order valence-corrected chi connectivity index (χ2v) is 10.7. The number of aromatic nitrogens is 1. The van der Waals surface area contributed by atoms with Crippen molar-refractivity contribution in [1.82, 2.24) is 4.98 Å². The average molecular weight is 470 g/mol. The van der Waals surface area contributed by atoms with E-state index >= 15 is 0 Å². The van der Waals surface area contributed by atoms with Gasteiger partial charge in [-0.25, -0.2) is 13.4 Å². The van der Waals surface area contributed by atoms with Gasteiger partial charge in [-0.15, -0.1) is 22.7 Å². The Morgan fingerprint density at radius 3 is 2.42 bits per heavy atom. The van der Waals surface area contributed by atoms with Crippen LogP contribution in [0.15, 0.2) is 82.5 Å². The summed E-state index contributed by atoms with van der Waals surface area (Å²) in [5, 5.41) is 5.10. The first-order valence-corrected chi connectivity index (χ1v) is 12.6. The number of carbonyl (C=O) groups excluding carboxylic acids is 1. The minimum Gasteiger partial charge on any atom is -0.302 e.